The van der Waals surface area contributed by atoms with Gasteiger partial charge in [0, 0.05) is 51.9 Å². The van der Waals surface area contributed by atoms with E-state index in [4.69, 9.17) is 31.2 Å². The number of hydrogen-bond donors (Lipinski definition) is 0. The van der Waals surface area contributed by atoms with Crippen LogP contribution in [0, 0.1) is 0 Å². The van der Waals surface area contributed by atoms with Crippen molar-refractivity contribution in [2.24, 2.45) is 4.99 Å². The van der Waals surface area contributed by atoms with E-state index in [-0.39, 0.29) is 45.8 Å². The predicted molar refractivity (Wildman–Crippen MR) is 209 cm³/mol. The fourth-order valence-corrected chi connectivity index (χ4v) is 5.64. The molecule has 0 aliphatic carbocycles. The van der Waals surface area contributed by atoms with Gasteiger partial charge in [0.1, 0.15) is 28.4 Å². The number of esters is 1. The van der Waals surface area contributed by atoms with Crippen LogP contribution in [0.2, 0.25) is 0 Å². The van der Waals surface area contributed by atoms with E-state index in [2.05, 4.69) is 10.2 Å². The zero-order chi connectivity index (χ0) is 40.4. The molecule has 13 nitrogen and oxygen atoms in total. The number of thiocarbonyl (C=S) groups is 1. The molecule has 0 saturated carbocycles. The Kier molecular flexibility index (Phi) is 16.3. The number of hydrogen-bond acceptors (Lipinski definition) is 11. The van der Waals surface area contributed by atoms with E-state index in [1.807, 2.05) is 56.9 Å². The Hall–Kier alpha value is -3.74. The lowest BCUT2D eigenvalue weighted by molar-refractivity contribution is -0.163. The first kappa shape index (κ1) is 45.4. The molecule has 1 aliphatic heterocycles. The number of amides is 3. The van der Waals surface area contributed by atoms with Crippen LogP contribution >= 0.6 is 12.2 Å². The Morgan fingerprint density at radius 1 is 0.679 bits per heavy atom. The molecule has 1 aromatic rings. The number of aliphatic imine (C=N–C) groups is 1. The van der Waals surface area contributed by atoms with Crippen LogP contribution < -0.4 is 0 Å². The summed E-state index contributed by atoms with van der Waals surface area (Å²) in [5.74, 6) is -0.415. The second kappa shape index (κ2) is 19.0. The minimum atomic E-state index is -0.772. The van der Waals surface area contributed by atoms with E-state index in [0.29, 0.717) is 18.5 Å². The van der Waals surface area contributed by atoms with Gasteiger partial charge in [-0.3, -0.25) is 9.69 Å². The molecule has 1 saturated heterocycles. The molecule has 1 aromatic carbocycles. The molecule has 0 spiro atoms. The highest BCUT2D eigenvalue weighted by Crippen LogP contribution is 2.23. The molecule has 0 radical (unpaired) electrons. The van der Waals surface area contributed by atoms with Crippen LogP contribution in [0.5, 0.6) is 0 Å². The van der Waals surface area contributed by atoms with Crippen LogP contribution in [-0.4, -0.2) is 129 Å². The van der Waals surface area contributed by atoms with Crippen molar-refractivity contribution in [2.45, 2.75) is 137 Å². The fourth-order valence-electron chi connectivity index (χ4n) is 5.53. The Labute approximate surface area is 322 Å². The van der Waals surface area contributed by atoms with Gasteiger partial charge in [0.2, 0.25) is 0 Å². The van der Waals surface area contributed by atoms with E-state index in [9.17, 15) is 19.2 Å². The first-order valence-electron chi connectivity index (χ1n) is 18.4. The minimum absolute atomic E-state index is 0.113. The first-order chi connectivity index (χ1) is 24.3. The second-order valence-corrected chi connectivity index (χ2v) is 17.6. The molecule has 53 heavy (non-hydrogen) atoms. The summed E-state index contributed by atoms with van der Waals surface area (Å²) in [4.78, 5) is 65.5. The zero-order valence-corrected chi connectivity index (χ0v) is 35.1. The number of carbonyl (C=O) groups is 4. The Morgan fingerprint density at radius 2 is 1.08 bits per heavy atom. The standard InChI is InChI=1S/C39H63N5O8S/c1-28-26-43(35(48)52-39(11,12)13)23-22-41(33(46)50-37(5,6)7)20-21-42(34(47)51-38(8,9)10)24-25-44(28)31(32(45)49-36(2,3)4)19-16-29-14-17-30(18-15-29)40-27-53/h14-15,17-18,28,31H,16,19-26H2,1-13H3. The third kappa shape index (κ3) is 17.3. The predicted octanol–water partition coefficient (Wildman–Crippen LogP) is 7.48. The molecule has 0 aromatic heterocycles. The fraction of sp³-hybridized carbons (Fsp3) is 0.718. The molecular formula is C39H63N5O8S. The summed E-state index contributed by atoms with van der Waals surface area (Å²) in [7, 11) is 0. The van der Waals surface area contributed by atoms with Crippen molar-refractivity contribution in [3.8, 4) is 0 Å². The molecule has 1 fully saturated rings. The van der Waals surface area contributed by atoms with Crippen molar-refractivity contribution in [2.75, 3.05) is 45.8 Å². The number of nitrogens with zero attached hydrogens (tertiary/aromatic N) is 5. The average Bonchev–Trinajstić information content (AvgIpc) is 2.97. The molecule has 2 atom stereocenters. The van der Waals surface area contributed by atoms with Gasteiger partial charge in [-0.1, -0.05) is 12.1 Å². The molecular weight excluding hydrogens is 699 g/mol. The van der Waals surface area contributed by atoms with Crippen molar-refractivity contribution in [3.05, 3.63) is 29.8 Å². The maximum atomic E-state index is 14.1. The van der Waals surface area contributed by atoms with Crippen molar-refractivity contribution >= 4 is 47.3 Å². The highest BCUT2D eigenvalue weighted by molar-refractivity contribution is 7.78. The monoisotopic (exact) mass is 761 g/mol. The summed E-state index contributed by atoms with van der Waals surface area (Å²) < 4.78 is 23.3. The maximum Gasteiger partial charge on any atom is 0.410 e. The number of isothiocyanates is 1. The van der Waals surface area contributed by atoms with Gasteiger partial charge in [-0.25, -0.2) is 14.4 Å². The lowest BCUT2D eigenvalue weighted by atomic mass is 10.0. The van der Waals surface area contributed by atoms with Crippen molar-refractivity contribution in [1.82, 2.24) is 19.6 Å². The summed E-state index contributed by atoms with van der Waals surface area (Å²) >= 11 is 4.74. The van der Waals surface area contributed by atoms with E-state index in [1.165, 1.54) is 4.90 Å². The van der Waals surface area contributed by atoms with Gasteiger partial charge < -0.3 is 33.6 Å². The topological polar surface area (TPSA) is 131 Å². The largest absolute Gasteiger partial charge is 0.459 e. The summed E-state index contributed by atoms with van der Waals surface area (Å²) in [6, 6.07) is 6.38. The minimum Gasteiger partial charge on any atom is -0.459 e. The Bertz CT molecular complexity index is 1440. The first-order valence-corrected chi connectivity index (χ1v) is 18.8. The Balaban J connectivity index is 2.64. The number of rotatable bonds is 6. The van der Waals surface area contributed by atoms with Gasteiger partial charge in [-0.05, 0) is 133 Å². The molecule has 0 N–H and O–H groups in total. The van der Waals surface area contributed by atoms with Crippen molar-refractivity contribution < 1.29 is 38.1 Å². The van der Waals surface area contributed by atoms with Crippen LogP contribution in [0.25, 0.3) is 0 Å². The highest BCUT2D eigenvalue weighted by atomic mass is 32.1. The zero-order valence-electron chi connectivity index (χ0n) is 34.2. The van der Waals surface area contributed by atoms with Crippen molar-refractivity contribution in [3.63, 3.8) is 0 Å². The van der Waals surface area contributed by atoms with E-state index in [1.54, 1.807) is 72.1 Å². The summed E-state index contributed by atoms with van der Waals surface area (Å²) in [6.45, 7) is 24.5. The van der Waals surface area contributed by atoms with E-state index >= 15 is 0 Å². The SMILES string of the molecule is CC1CN(C(=O)OC(C)(C)C)CCN(C(=O)OC(C)(C)C)CCN(C(=O)OC(C)(C)C)CCN1C(CCc1ccc(N=C=S)cc1)C(=O)OC(C)(C)C. The van der Waals surface area contributed by atoms with Crippen LogP contribution in [-0.2, 0) is 30.2 Å². The normalized spacial score (nSPS) is 17.8. The summed E-state index contributed by atoms with van der Waals surface area (Å²) in [6.07, 6.45) is -0.737. The molecule has 2 rings (SSSR count). The molecule has 14 heteroatoms. The molecule has 1 aliphatic rings. The third-order valence-electron chi connectivity index (χ3n) is 7.81. The third-order valence-corrected chi connectivity index (χ3v) is 7.90. The quantitative estimate of drug-likeness (QED) is 0.125. The average molecular weight is 762 g/mol. The van der Waals surface area contributed by atoms with Gasteiger partial charge in [-0.2, -0.15) is 4.99 Å². The van der Waals surface area contributed by atoms with Crippen LogP contribution in [0.3, 0.4) is 0 Å². The van der Waals surface area contributed by atoms with Crippen LogP contribution in [0.1, 0.15) is 102 Å². The highest BCUT2D eigenvalue weighted by Gasteiger charge is 2.37. The lowest BCUT2D eigenvalue weighted by Gasteiger charge is -2.41. The summed E-state index contributed by atoms with van der Waals surface area (Å²) in [5, 5.41) is 2.37. The lowest BCUT2D eigenvalue weighted by Crippen LogP contribution is -2.57. The summed E-state index contributed by atoms with van der Waals surface area (Å²) in [5.41, 5.74) is -1.40. The second-order valence-electron chi connectivity index (χ2n) is 17.4. The van der Waals surface area contributed by atoms with Crippen molar-refractivity contribution in [1.29, 1.82) is 0 Å². The number of benzene rings is 1. The number of ether oxygens (including phenoxy) is 4. The smallest absolute Gasteiger partial charge is 0.410 e. The molecule has 1 heterocycles. The number of aryl methyl sites for hydroxylation is 1. The van der Waals surface area contributed by atoms with Crippen LogP contribution in [0.15, 0.2) is 29.3 Å². The molecule has 2 unspecified atom stereocenters. The van der Waals surface area contributed by atoms with Gasteiger partial charge in [0.15, 0.2) is 0 Å². The molecule has 0 bridgehead atoms. The van der Waals surface area contributed by atoms with Gasteiger partial charge in [0.25, 0.3) is 0 Å². The van der Waals surface area contributed by atoms with E-state index in [0.717, 1.165) is 5.56 Å². The van der Waals surface area contributed by atoms with Gasteiger partial charge in [-0.15, -0.1) is 0 Å². The van der Waals surface area contributed by atoms with Gasteiger partial charge in [0.05, 0.1) is 10.8 Å². The number of carbonyl (C=O) groups excluding carboxylic acids is 4. The van der Waals surface area contributed by atoms with Crippen LogP contribution in [0.4, 0.5) is 20.1 Å². The Morgan fingerprint density at radius 3 is 1.49 bits per heavy atom. The molecule has 298 valence electrons. The van der Waals surface area contributed by atoms with E-state index < -0.39 is 58.7 Å². The maximum absolute atomic E-state index is 14.1. The van der Waals surface area contributed by atoms with Gasteiger partial charge >= 0.3 is 24.2 Å². The molecule has 3 amide bonds.